The number of methoxy groups -OCH3 is 1. The molecule has 4 heteroatoms. The van der Waals surface area contributed by atoms with E-state index in [1.165, 1.54) is 7.11 Å². The summed E-state index contributed by atoms with van der Waals surface area (Å²) in [7, 11) is 1.35. The van der Waals surface area contributed by atoms with E-state index < -0.39 is 0 Å². The second-order valence-corrected chi connectivity index (χ2v) is 2.97. The van der Waals surface area contributed by atoms with Crippen LogP contribution in [-0.4, -0.2) is 19.6 Å². The molecular formula is C10H14N2O2. The van der Waals surface area contributed by atoms with Gasteiger partial charge in [0.2, 0.25) is 0 Å². The molecule has 3 N–H and O–H groups in total. The van der Waals surface area contributed by atoms with Crippen molar-refractivity contribution in [3.05, 3.63) is 23.8 Å². The van der Waals surface area contributed by atoms with Gasteiger partial charge in [0.15, 0.2) is 0 Å². The highest BCUT2D eigenvalue weighted by atomic mass is 16.5. The van der Waals surface area contributed by atoms with Crippen LogP contribution < -0.4 is 11.1 Å². The van der Waals surface area contributed by atoms with Gasteiger partial charge in [-0.1, -0.05) is 12.1 Å². The van der Waals surface area contributed by atoms with Crippen molar-refractivity contribution in [1.29, 1.82) is 0 Å². The predicted octanol–water partition coefficient (Wildman–Crippen LogP) is 1.16. The number of aryl methyl sites for hydroxylation is 1. The Morgan fingerprint density at radius 2 is 2.29 bits per heavy atom. The number of nitrogens with two attached hydrogens (primary N) is 1. The van der Waals surface area contributed by atoms with Gasteiger partial charge in [-0.2, -0.15) is 0 Å². The van der Waals surface area contributed by atoms with Gasteiger partial charge in [-0.05, 0) is 18.6 Å². The lowest BCUT2D eigenvalue weighted by atomic mass is 10.2. The average Bonchev–Trinajstić information content (AvgIpc) is 2.20. The van der Waals surface area contributed by atoms with Crippen LogP contribution in [0.4, 0.5) is 11.4 Å². The van der Waals surface area contributed by atoms with E-state index in [-0.39, 0.29) is 12.5 Å². The van der Waals surface area contributed by atoms with Crippen molar-refractivity contribution < 1.29 is 9.53 Å². The molecule has 0 unspecified atom stereocenters. The third-order valence-electron chi connectivity index (χ3n) is 1.97. The SMILES string of the molecule is COC(=O)CNc1cccc(C)c1N. The molecule has 1 aromatic rings. The number of ether oxygens (including phenoxy) is 1. The zero-order valence-electron chi connectivity index (χ0n) is 8.33. The van der Waals surface area contributed by atoms with E-state index in [1.54, 1.807) is 0 Å². The average molecular weight is 194 g/mol. The van der Waals surface area contributed by atoms with Crippen molar-refractivity contribution in [2.24, 2.45) is 0 Å². The molecule has 0 aliphatic heterocycles. The highest BCUT2D eigenvalue weighted by Gasteiger charge is 2.03. The van der Waals surface area contributed by atoms with E-state index in [4.69, 9.17) is 5.73 Å². The van der Waals surface area contributed by atoms with Crippen LogP contribution >= 0.6 is 0 Å². The summed E-state index contributed by atoms with van der Waals surface area (Å²) >= 11 is 0. The molecule has 14 heavy (non-hydrogen) atoms. The smallest absolute Gasteiger partial charge is 0.325 e. The van der Waals surface area contributed by atoms with Crippen LogP contribution in [0, 0.1) is 6.92 Å². The van der Waals surface area contributed by atoms with Gasteiger partial charge in [0, 0.05) is 0 Å². The fraction of sp³-hybridized carbons (Fsp3) is 0.300. The van der Waals surface area contributed by atoms with Gasteiger partial charge in [0.25, 0.3) is 0 Å². The van der Waals surface area contributed by atoms with Crippen molar-refractivity contribution in [3.8, 4) is 0 Å². The standard InChI is InChI=1S/C10H14N2O2/c1-7-4-3-5-8(10(7)11)12-6-9(13)14-2/h3-5,12H,6,11H2,1-2H3. The van der Waals surface area contributed by atoms with Gasteiger partial charge in [0.05, 0.1) is 18.5 Å². The fourth-order valence-electron chi connectivity index (χ4n) is 1.07. The Morgan fingerprint density at radius 1 is 1.57 bits per heavy atom. The lowest BCUT2D eigenvalue weighted by Gasteiger charge is -2.09. The fourth-order valence-corrected chi connectivity index (χ4v) is 1.07. The second kappa shape index (κ2) is 4.50. The van der Waals surface area contributed by atoms with Crippen molar-refractivity contribution in [2.45, 2.75) is 6.92 Å². The highest BCUT2D eigenvalue weighted by Crippen LogP contribution is 2.21. The summed E-state index contributed by atoms with van der Waals surface area (Å²) in [6.07, 6.45) is 0. The Bertz CT molecular complexity index is 337. The molecule has 0 atom stereocenters. The number of carbonyl (C=O) groups excluding carboxylic acids is 1. The first kappa shape index (κ1) is 10.4. The summed E-state index contributed by atoms with van der Waals surface area (Å²) < 4.78 is 4.50. The molecule has 0 aliphatic carbocycles. The van der Waals surface area contributed by atoms with E-state index in [9.17, 15) is 4.79 Å². The third-order valence-corrected chi connectivity index (χ3v) is 1.97. The van der Waals surface area contributed by atoms with Crippen molar-refractivity contribution in [3.63, 3.8) is 0 Å². The normalized spacial score (nSPS) is 9.57. The first-order valence-corrected chi connectivity index (χ1v) is 4.31. The van der Waals surface area contributed by atoms with Crippen molar-refractivity contribution >= 4 is 17.3 Å². The zero-order chi connectivity index (χ0) is 10.6. The minimum atomic E-state index is -0.314. The maximum Gasteiger partial charge on any atom is 0.325 e. The van der Waals surface area contributed by atoms with Crippen LogP contribution in [0.5, 0.6) is 0 Å². The third kappa shape index (κ3) is 2.39. The van der Waals surface area contributed by atoms with Gasteiger partial charge in [-0.25, -0.2) is 0 Å². The lowest BCUT2D eigenvalue weighted by molar-refractivity contribution is -0.138. The van der Waals surface area contributed by atoms with E-state index in [0.717, 1.165) is 11.3 Å². The number of hydrogen-bond acceptors (Lipinski definition) is 4. The summed E-state index contributed by atoms with van der Waals surface area (Å²) in [5, 5.41) is 2.90. The molecule has 0 aromatic heterocycles. The Kier molecular flexibility index (Phi) is 3.34. The maximum atomic E-state index is 10.9. The molecule has 0 aliphatic rings. The van der Waals surface area contributed by atoms with E-state index in [1.807, 2.05) is 25.1 Å². The topological polar surface area (TPSA) is 64.3 Å². The second-order valence-electron chi connectivity index (χ2n) is 2.97. The molecule has 0 heterocycles. The summed E-state index contributed by atoms with van der Waals surface area (Å²) in [6, 6.07) is 5.62. The first-order chi connectivity index (χ1) is 6.65. The number of esters is 1. The molecule has 1 aromatic carbocycles. The molecule has 0 saturated heterocycles. The molecule has 0 bridgehead atoms. The minimum absolute atomic E-state index is 0.129. The van der Waals surface area contributed by atoms with Crippen LogP contribution in [0.3, 0.4) is 0 Å². The molecule has 0 spiro atoms. The molecular weight excluding hydrogens is 180 g/mol. The van der Waals surface area contributed by atoms with Gasteiger partial charge < -0.3 is 15.8 Å². The number of nitrogen functional groups attached to an aromatic ring is 1. The highest BCUT2D eigenvalue weighted by molar-refractivity contribution is 5.78. The number of rotatable bonds is 3. The van der Waals surface area contributed by atoms with Crippen LogP contribution in [0.2, 0.25) is 0 Å². The number of carbonyl (C=O) groups is 1. The summed E-state index contributed by atoms with van der Waals surface area (Å²) in [4.78, 5) is 10.9. The Labute approximate surface area is 83.1 Å². The monoisotopic (exact) mass is 194 g/mol. The van der Waals surface area contributed by atoms with E-state index in [0.29, 0.717) is 5.69 Å². The van der Waals surface area contributed by atoms with Crippen molar-refractivity contribution in [1.82, 2.24) is 0 Å². The minimum Gasteiger partial charge on any atom is -0.468 e. The van der Waals surface area contributed by atoms with Crippen LogP contribution in [0.1, 0.15) is 5.56 Å². The molecule has 0 amide bonds. The number of anilines is 2. The number of nitrogens with one attached hydrogen (secondary N) is 1. The molecule has 4 nitrogen and oxygen atoms in total. The van der Waals surface area contributed by atoms with Gasteiger partial charge in [0.1, 0.15) is 6.54 Å². The Morgan fingerprint density at radius 3 is 2.93 bits per heavy atom. The largest absolute Gasteiger partial charge is 0.468 e. The summed E-state index contributed by atoms with van der Waals surface area (Å²) in [5.74, 6) is -0.314. The quantitative estimate of drug-likeness (QED) is 0.560. The molecule has 76 valence electrons. The van der Waals surface area contributed by atoms with Crippen molar-refractivity contribution in [2.75, 3.05) is 24.7 Å². The molecule has 0 radical (unpaired) electrons. The number of para-hydroxylation sites is 1. The molecule has 0 fully saturated rings. The van der Waals surface area contributed by atoms with Crippen LogP contribution in [0.15, 0.2) is 18.2 Å². The van der Waals surface area contributed by atoms with Gasteiger partial charge in [-0.3, -0.25) is 4.79 Å². The predicted molar refractivity (Wildman–Crippen MR) is 56.1 cm³/mol. The molecule has 1 rings (SSSR count). The van der Waals surface area contributed by atoms with E-state index in [2.05, 4.69) is 10.1 Å². The van der Waals surface area contributed by atoms with E-state index >= 15 is 0 Å². The van der Waals surface area contributed by atoms with Gasteiger partial charge >= 0.3 is 5.97 Å². The van der Waals surface area contributed by atoms with Gasteiger partial charge in [-0.15, -0.1) is 0 Å². The number of benzene rings is 1. The Balaban J connectivity index is 2.68. The summed E-state index contributed by atoms with van der Waals surface area (Å²) in [5.41, 5.74) is 8.20. The summed E-state index contributed by atoms with van der Waals surface area (Å²) in [6.45, 7) is 2.04. The Hall–Kier alpha value is -1.71. The first-order valence-electron chi connectivity index (χ1n) is 4.31. The van der Waals surface area contributed by atoms with Crippen LogP contribution in [-0.2, 0) is 9.53 Å². The zero-order valence-corrected chi connectivity index (χ0v) is 8.33. The maximum absolute atomic E-state index is 10.9. The van der Waals surface area contributed by atoms with Crippen LogP contribution in [0.25, 0.3) is 0 Å². The lowest BCUT2D eigenvalue weighted by Crippen LogP contribution is -2.15. The number of hydrogen-bond donors (Lipinski definition) is 2. The molecule has 0 saturated carbocycles.